The van der Waals surface area contributed by atoms with E-state index in [1.54, 1.807) is 12.1 Å². The smallest absolute Gasteiger partial charge is 0.407 e. The van der Waals surface area contributed by atoms with Gasteiger partial charge in [-0.1, -0.05) is 18.2 Å². The second-order valence-electron chi connectivity index (χ2n) is 6.89. The zero-order valence-corrected chi connectivity index (χ0v) is 14.0. The van der Waals surface area contributed by atoms with Gasteiger partial charge >= 0.3 is 12.1 Å². The lowest BCUT2D eigenvalue weighted by Crippen LogP contribution is -2.42. The molecule has 1 aliphatic carbocycles. The van der Waals surface area contributed by atoms with E-state index in [9.17, 15) is 9.59 Å². The molecule has 0 unspecified atom stereocenters. The maximum Gasteiger partial charge on any atom is 0.407 e. The van der Waals surface area contributed by atoms with Crippen molar-refractivity contribution in [3.8, 4) is 0 Å². The maximum atomic E-state index is 12.0. The van der Waals surface area contributed by atoms with Crippen LogP contribution in [0.25, 0.3) is 0 Å². The average molecular weight is 319 g/mol. The summed E-state index contributed by atoms with van der Waals surface area (Å²) < 4.78 is 10.8. The summed E-state index contributed by atoms with van der Waals surface area (Å²) in [6.45, 7) is 5.52. The molecule has 0 aliphatic heterocycles. The monoisotopic (exact) mass is 319 g/mol. The molecule has 1 fully saturated rings. The number of ether oxygens (including phenoxy) is 2. The van der Waals surface area contributed by atoms with E-state index in [2.05, 4.69) is 5.32 Å². The Balaban J connectivity index is 1.74. The molecule has 5 nitrogen and oxygen atoms in total. The fourth-order valence-corrected chi connectivity index (χ4v) is 2.59. The molecule has 0 atom stereocenters. The highest BCUT2D eigenvalue weighted by Crippen LogP contribution is 2.22. The van der Waals surface area contributed by atoms with Crippen molar-refractivity contribution >= 4 is 12.1 Å². The Morgan fingerprint density at radius 1 is 1.04 bits per heavy atom. The first-order valence-electron chi connectivity index (χ1n) is 8.09. The standard InChI is InChI=1S/C18H25NO4/c1-18(2,3)23-17(21)19-14-9-11-15(12-10-14)22-16(20)13-7-5-4-6-8-13/h4-8,14-15H,9-12H2,1-3H3,(H,19,21). The van der Waals surface area contributed by atoms with Gasteiger partial charge in [0.1, 0.15) is 11.7 Å². The van der Waals surface area contributed by atoms with Crippen LogP contribution in [0.3, 0.4) is 0 Å². The number of carbonyl (C=O) groups is 2. The topological polar surface area (TPSA) is 64.6 Å². The van der Waals surface area contributed by atoms with Crippen LogP contribution in [0, 0.1) is 0 Å². The zero-order chi connectivity index (χ0) is 16.9. The van der Waals surface area contributed by atoms with Crippen LogP contribution in [-0.4, -0.2) is 29.8 Å². The van der Waals surface area contributed by atoms with Crippen LogP contribution in [0.15, 0.2) is 30.3 Å². The van der Waals surface area contributed by atoms with Crippen LogP contribution in [0.4, 0.5) is 4.79 Å². The Morgan fingerprint density at radius 3 is 2.22 bits per heavy atom. The molecular weight excluding hydrogens is 294 g/mol. The van der Waals surface area contributed by atoms with E-state index in [-0.39, 0.29) is 24.2 Å². The Bertz CT molecular complexity index is 528. The SMILES string of the molecule is CC(C)(C)OC(=O)NC1CCC(OC(=O)c2ccccc2)CC1. The van der Waals surface area contributed by atoms with E-state index < -0.39 is 5.60 Å². The number of hydrogen-bond acceptors (Lipinski definition) is 4. The van der Waals surface area contributed by atoms with Crippen molar-refractivity contribution in [3.63, 3.8) is 0 Å². The third-order valence-corrected chi connectivity index (χ3v) is 3.68. The molecule has 0 spiro atoms. The van der Waals surface area contributed by atoms with Gasteiger partial charge in [0.15, 0.2) is 0 Å². The summed E-state index contributed by atoms with van der Waals surface area (Å²) in [5.41, 5.74) is 0.0773. The lowest BCUT2D eigenvalue weighted by Gasteiger charge is -2.29. The Morgan fingerprint density at radius 2 is 1.65 bits per heavy atom. The van der Waals surface area contributed by atoms with Gasteiger partial charge < -0.3 is 14.8 Å². The van der Waals surface area contributed by atoms with Crippen molar-refractivity contribution in [1.82, 2.24) is 5.32 Å². The van der Waals surface area contributed by atoms with E-state index in [0.29, 0.717) is 5.56 Å². The first kappa shape index (κ1) is 17.3. The highest BCUT2D eigenvalue weighted by molar-refractivity contribution is 5.89. The average Bonchev–Trinajstić information content (AvgIpc) is 2.48. The number of amides is 1. The Hall–Kier alpha value is -2.04. The first-order valence-corrected chi connectivity index (χ1v) is 8.09. The minimum Gasteiger partial charge on any atom is -0.459 e. The lowest BCUT2D eigenvalue weighted by molar-refractivity contribution is 0.0162. The van der Waals surface area contributed by atoms with Crippen molar-refractivity contribution in [1.29, 1.82) is 0 Å². The van der Waals surface area contributed by atoms with Crippen LogP contribution >= 0.6 is 0 Å². The van der Waals surface area contributed by atoms with Gasteiger partial charge in [-0.15, -0.1) is 0 Å². The molecule has 1 aromatic carbocycles. The molecule has 0 radical (unpaired) electrons. The maximum absolute atomic E-state index is 12.0. The van der Waals surface area contributed by atoms with Gasteiger partial charge in [-0.25, -0.2) is 9.59 Å². The first-order chi connectivity index (χ1) is 10.8. The molecule has 0 saturated heterocycles. The van der Waals surface area contributed by atoms with Gasteiger partial charge in [-0.3, -0.25) is 0 Å². The van der Waals surface area contributed by atoms with Crippen LogP contribution in [0.5, 0.6) is 0 Å². The van der Waals surface area contributed by atoms with Crippen LogP contribution in [-0.2, 0) is 9.47 Å². The second kappa shape index (κ2) is 7.49. The van der Waals surface area contributed by atoms with Crippen LogP contribution in [0.1, 0.15) is 56.8 Å². The minimum absolute atomic E-state index is 0.0801. The Labute approximate surface area is 137 Å². The van der Waals surface area contributed by atoms with Crippen molar-refractivity contribution in [2.75, 3.05) is 0 Å². The molecule has 1 N–H and O–H groups in total. The largest absolute Gasteiger partial charge is 0.459 e. The predicted molar refractivity (Wildman–Crippen MR) is 87.3 cm³/mol. The number of esters is 1. The molecule has 1 saturated carbocycles. The van der Waals surface area contributed by atoms with Crippen LogP contribution in [0.2, 0.25) is 0 Å². The lowest BCUT2D eigenvalue weighted by atomic mass is 9.93. The molecular formula is C18H25NO4. The number of nitrogens with one attached hydrogen (secondary N) is 1. The number of carbonyl (C=O) groups excluding carboxylic acids is 2. The molecule has 0 aromatic heterocycles. The molecule has 23 heavy (non-hydrogen) atoms. The van der Waals surface area contributed by atoms with E-state index in [0.717, 1.165) is 25.7 Å². The molecule has 1 aromatic rings. The summed E-state index contributed by atoms with van der Waals surface area (Å²) in [7, 11) is 0. The van der Waals surface area contributed by atoms with Crippen molar-refractivity contribution in [2.45, 2.75) is 64.2 Å². The third kappa shape index (κ3) is 5.93. The third-order valence-electron chi connectivity index (χ3n) is 3.68. The van der Waals surface area contributed by atoms with Gasteiger partial charge in [0.05, 0.1) is 5.56 Å². The number of rotatable bonds is 3. The van der Waals surface area contributed by atoms with E-state index >= 15 is 0 Å². The predicted octanol–water partition coefficient (Wildman–Crippen LogP) is 3.68. The summed E-state index contributed by atoms with van der Waals surface area (Å²) in [5, 5.41) is 2.88. The zero-order valence-electron chi connectivity index (χ0n) is 14.0. The van der Waals surface area contributed by atoms with Crippen molar-refractivity contribution in [2.24, 2.45) is 0 Å². The molecule has 1 amide bonds. The fourth-order valence-electron chi connectivity index (χ4n) is 2.59. The molecule has 0 heterocycles. The number of hydrogen-bond donors (Lipinski definition) is 1. The molecule has 5 heteroatoms. The Kier molecular flexibility index (Phi) is 5.64. The molecule has 126 valence electrons. The molecule has 2 rings (SSSR count). The summed E-state index contributed by atoms with van der Waals surface area (Å²) >= 11 is 0. The van der Waals surface area contributed by atoms with Crippen molar-refractivity contribution in [3.05, 3.63) is 35.9 Å². The van der Waals surface area contributed by atoms with Gasteiger partial charge in [-0.2, -0.15) is 0 Å². The highest BCUT2D eigenvalue weighted by Gasteiger charge is 2.26. The fraction of sp³-hybridized carbons (Fsp3) is 0.556. The van der Waals surface area contributed by atoms with Gasteiger partial charge in [-0.05, 0) is 58.6 Å². The summed E-state index contributed by atoms with van der Waals surface area (Å²) in [4.78, 5) is 23.8. The van der Waals surface area contributed by atoms with Gasteiger partial charge in [0.25, 0.3) is 0 Å². The highest BCUT2D eigenvalue weighted by atomic mass is 16.6. The molecule has 0 bridgehead atoms. The van der Waals surface area contributed by atoms with Gasteiger partial charge in [0.2, 0.25) is 0 Å². The quantitative estimate of drug-likeness (QED) is 0.863. The number of alkyl carbamates (subject to hydrolysis) is 1. The normalized spacial score (nSPS) is 21.3. The molecule has 1 aliphatic rings. The number of benzene rings is 1. The summed E-state index contributed by atoms with van der Waals surface area (Å²) in [6.07, 6.45) is 2.59. The van der Waals surface area contributed by atoms with Gasteiger partial charge in [0, 0.05) is 6.04 Å². The summed E-state index contributed by atoms with van der Waals surface area (Å²) in [5.74, 6) is -0.283. The minimum atomic E-state index is -0.494. The van der Waals surface area contributed by atoms with E-state index in [1.165, 1.54) is 0 Å². The van der Waals surface area contributed by atoms with Crippen molar-refractivity contribution < 1.29 is 19.1 Å². The van der Waals surface area contributed by atoms with E-state index in [4.69, 9.17) is 9.47 Å². The van der Waals surface area contributed by atoms with E-state index in [1.807, 2.05) is 39.0 Å². The summed E-state index contributed by atoms with van der Waals surface area (Å²) in [6, 6.07) is 9.08. The van der Waals surface area contributed by atoms with Crippen LogP contribution < -0.4 is 5.32 Å². The second-order valence-corrected chi connectivity index (χ2v) is 6.89.